The first-order valence-electron chi connectivity index (χ1n) is 7.58. The topological polar surface area (TPSA) is 61.5 Å². The van der Waals surface area contributed by atoms with Crippen LogP contribution in [0.3, 0.4) is 0 Å². The van der Waals surface area contributed by atoms with Crippen LogP contribution in [-0.2, 0) is 14.3 Å². The fourth-order valence-electron chi connectivity index (χ4n) is 1.77. The molecule has 0 aromatic carbocycles. The van der Waals surface area contributed by atoms with E-state index in [4.69, 9.17) is 15.2 Å². The van der Waals surface area contributed by atoms with Crippen LogP contribution in [0.5, 0.6) is 0 Å². The third-order valence-electron chi connectivity index (χ3n) is 3.15. The van der Waals surface area contributed by atoms with E-state index in [2.05, 4.69) is 6.92 Å². The third kappa shape index (κ3) is 9.91. The van der Waals surface area contributed by atoms with Gasteiger partial charge in [-0.3, -0.25) is 4.79 Å². The van der Waals surface area contributed by atoms with Gasteiger partial charge in [0.05, 0.1) is 6.61 Å². The van der Waals surface area contributed by atoms with E-state index < -0.39 is 5.54 Å². The Hall–Kier alpha value is -0.610. The molecule has 0 aliphatic heterocycles. The second-order valence-electron chi connectivity index (χ2n) is 5.27. The number of esters is 1. The summed E-state index contributed by atoms with van der Waals surface area (Å²) in [5.41, 5.74) is 4.95. The van der Waals surface area contributed by atoms with Gasteiger partial charge < -0.3 is 15.2 Å². The number of nitrogens with two attached hydrogens (primary N) is 1. The largest absolute Gasteiger partial charge is 0.465 e. The van der Waals surface area contributed by atoms with E-state index in [1.165, 1.54) is 32.1 Å². The zero-order valence-corrected chi connectivity index (χ0v) is 12.9. The highest BCUT2D eigenvalue weighted by Gasteiger charge is 2.29. The Labute approximate surface area is 118 Å². The van der Waals surface area contributed by atoms with Gasteiger partial charge in [-0.2, -0.15) is 0 Å². The van der Waals surface area contributed by atoms with E-state index in [1.54, 1.807) is 13.8 Å². The van der Waals surface area contributed by atoms with E-state index in [0.29, 0.717) is 19.6 Å². The van der Waals surface area contributed by atoms with Crippen LogP contribution in [-0.4, -0.2) is 31.3 Å². The van der Waals surface area contributed by atoms with Gasteiger partial charge in [-0.25, -0.2) is 0 Å². The summed E-state index contributed by atoms with van der Waals surface area (Å²) in [7, 11) is 0. The van der Waals surface area contributed by atoms with Crippen molar-refractivity contribution in [1.29, 1.82) is 0 Å². The number of rotatable bonds is 12. The molecule has 0 saturated heterocycles. The van der Waals surface area contributed by atoms with E-state index in [-0.39, 0.29) is 5.97 Å². The summed E-state index contributed by atoms with van der Waals surface area (Å²) in [6, 6.07) is 0. The first-order valence-corrected chi connectivity index (χ1v) is 7.58. The van der Waals surface area contributed by atoms with Crippen LogP contribution in [0, 0.1) is 0 Å². The van der Waals surface area contributed by atoms with Crippen molar-refractivity contribution in [2.75, 3.05) is 19.8 Å². The van der Waals surface area contributed by atoms with Gasteiger partial charge in [0.1, 0.15) is 5.54 Å². The van der Waals surface area contributed by atoms with E-state index in [9.17, 15) is 4.79 Å². The molecule has 0 aliphatic rings. The minimum Gasteiger partial charge on any atom is -0.465 e. The number of carbonyl (C=O) groups is 1. The third-order valence-corrected chi connectivity index (χ3v) is 3.15. The van der Waals surface area contributed by atoms with Gasteiger partial charge in [0.2, 0.25) is 0 Å². The molecule has 0 amide bonds. The number of carbonyl (C=O) groups excluding carboxylic acids is 1. The van der Waals surface area contributed by atoms with Crippen LogP contribution in [0.2, 0.25) is 0 Å². The van der Waals surface area contributed by atoms with Crippen LogP contribution >= 0.6 is 0 Å². The summed E-state index contributed by atoms with van der Waals surface area (Å²) < 4.78 is 10.4. The number of hydrogen-bond acceptors (Lipinski definition) is 4. The lowest BCUT2D eigenvalue weighted by Crippen LogP contribution is -2.47. The fourth-order valence-corrected chi connectivity index (χ4v) is 1.77. The molecule has 0 aromatic rings. The molecule has 0 radical (unpaired) electrons. The van der Waals surface area contributed by atoms with Gasteiger partial charge in [0.25, 0.3) is 0 Å². The second-order valence-corrected chi connectivity index (χ2v) is 5.27. The van der Waals surface area contributed by atoms with Crippen molar-refractivity contribution in [3.05, 3.63) is 0 Å². The lowest BCUT2D eigenvalue weighted by Gasteiger charge is -2.21. The van der Waals surface area contributed by atoms with Crippen molar-refractivity contribution in [1.82, 2.24) is 0 Å². The molecule has 0 aliphatic carbocycles. The average molecular weight is 273 g/mol. The first kappa shape index (κ1) is 18.4. The van der Waals surface area contributed by atoms with Crippen molar-refractivity contribution in [2.45, 2.75) is 71.3 Å². The Kier molecular flexibility index (Phi) is 10.9. The van der Waals surface area contributed by atoms with Gasteiger partial charge in [0, 0.05) is 13.2 Å². The van der Waals surface area contributed by atoms with Crippen molar-refractivity contribution < 1.29 is 14.3 Å². The SMILES string of the molecule is CCCCCCCCOCCC(C)(N)C(=O)OCC. The van der Waals surface area contributed by atoms with Crippen LogP contribution in [0.15, 0.2) is 0 Å². The maximum absolute atomic E-state index is 11.5. The summed E-state index contributed by atoms with van der Waals surface area (Å²) >= 11 is 0. The standard InChI is InChI=1S/C15H31NO3/c1-4-6-7-8-9-10-12-18-13-11-15(3,16)14(17)19-5-2/h4-13,16H2,1-3H3. The highest BCUT2D eigenvalue weighted by atomic mass is 16.5. The predicted molar refractivity (Wildman–Crippen MR) is 78.0 cm³/mol. The highest BCUT2D eigenvalue weighted by Crippen LogP contribution is 2.09. The summed E-state index contributed by atoms with van der Waals surface area (Å²) in [5.74, 6) is -0.349. The molecular formula is C15H31NO3. The van der Waals surface area contributed by atoms with Crippen molar-refractivity contribution in [3.63, 3.8) is 0 Å². The maximum Gasteiger partial charge on any atom is 0.325 e. The normalized spacial score (nSPS) is 14.1. The molecule has 0 fully saturated rings. The zero-order chi connectivity index (χ0) is 14.6. The Morgan fingerprint density at radius 3 is 2.32 bits per heavy atom. The minimum absolute atomic E-state index is 0.349. The molecule has 19 heavy (non-hydrogen) atoms. The molecular weight excluding hydrogens is 242 g/mol. The summed E-state index contributed by atoms with van der Waals surface area (Å²) in [6.07, 6.45) is 8.02. The maximum atomic E-state index is 11.5. The van der Waals surface area contributed by atoms with Gasteiger partial charge in [0.15, 0.2) is 0 Å². The Morgan fingerprint density at radius 2 is 1.68 bits per heavy atom. The highest BCUT2D eigenvalue weighted by molar-refractivity contribution is 5.79. The molecule has 0 saturated carbocycles. The fraction of sp³-hybridized carbons (Fsp3) is 0.933. The molecule has 1 atom stereocenters. The van der Waals surface area contributed by atoms with Gasteiger partial charge in [-0.15, -0.1) is 0 Å². The quantitative estimate of drug-likeness (QED) is 0.438. The van der Waals surface area contributed by atoms with Crippen LogP contribution in [0.25, 0.3) is 0 Å². The number of unbranched alkanes of at least 4 members (excludes halogenated alkanes) is 5. The van der Waals surface area contributed by atoms with Crippen LogP contribution < -0.4 is 5.73 Å². The average Bonchev–Trinajstić information content (AvgIpc) is 2.37. The lowest BCUT2D eigenvalue weighted by molar-refractivity contribution is -0.149. The molecule has 4 nitrogen and oxygen atoms in total. The molecule has 0 aromatic heterocycles. The molecule has 0 heterocycles. The monoisotopic (exact) mass is 273 g/mol. The summed E-state index contributed by atoms with van der Waals surface area (Å²) in [5, 5.41) is 0. The molecule has 4 heteroatoms. The smallest absolute Gasteiger partial charge is 0.325 e. The Morgan fingerprint density at radius 1 is 1.05 bits per heavy atom. The molecule has 0 rings (SSSR count). The van der Waals surface area contributed by atoms with Gasteiger partial charge in [-0.1, -0.05) is 39.0 Å². The van der Waals surface area contributed by atoms with Gasteiger partial charge >= 0.3 is 5.97 Å². The first-order chi connectivity index (χ1) is 9.04. The molecule has 1 unspecified atom stereocenters. The molecule has 0 bridgehead atoms. The molecule has 0 spiro atoms. The predicted octanol–water partition coefficient (Wildman–Crippen LogP) is 3.03. The van der Waals surface area contributed by atoms with Crippen molar-refractivity contribution in [2.24, 2.45) is 5.73 Å². The zero-order valence-electron chi connectivity index (χ0n) is 12.9. The van der Waals surface area contributed by atoms with Crippen LogP contribution in [0.1, 0.15) is 65.7 Å². The Balaban J connectivity index is 3.45. The molecule has 114 valence electrons. The number of hydrogen-bond donors (Lipinski definition) is 1. The minimum atomic E-state index is -0.933. The summed E-state index contributed by atoms with van der Waals surface area (Å²) in [6.45, 7) is 7.33. The van der Waals surface area contributed by atoms with Crippen molar-refractivity contribution in [3.8, 4) is 0 Å². The Bertz CT molecular complexity index is 229. The summed E-state index contributed by atoms with van der Waals surface area (Å²) in [4.78, 5) is 11.5. The van der Waals surface area contributed by atoms with Crippen LogP contribution in [0.4, 0.5) is 0 Å². The van der Waals surface area contributed by atoms with E-state index >= 15 is 0 Å². The lowest BCUT2D eigenvalue weighted by atomic mass is 10.0. The number of ether oxygens (including phenoxy) is 2. The second kappa shape index (κ2) is 11.2. The van der Waals surface area contributed by atoms with E-state index in [1.807, 2.05) is 0 Å². The van der Waals surface area contributed by atoms with Gasteiger partial charge in [-0.05, 0) is 26.7 Å². The molecule has 2 N–H and O–H groups in total. The van der Waals surface area contributed by atoms with Crippen molar-refractivity contribution >= 4 is 5.97 Å². The van der Waals surface area contributed by atoms with E-state index in [0.717, 1.165) is 13.0 Å².